The van der Waals surface area contributed by atoms with Crippen molar-refractivity contribution in [2.24, 2.45) is 5.73 Å². The molecule has 4 nitrogen and oxygen atoms in total. The minimum absolute atomic E-state index is 0.000201. The van der Waals surface area contributed by atoms with E-state index in [1.807, 2.05) is 24.4 Å². The summed E-state index contributed by atoms with van der Waals surface area (Å²) in [5.74, 6) is -0.00485. The Kier molecular flexibility index (Phi) is 5.71. The highest BCUT2D eigenvalue weighted by Gasteiger charge is 2.25. The Morgan fingerprint density at radius 2 is 2.00 bits per heavy atom. The largest absolute Gasteiger partial charge is 0.337 e. The van der Waals surface area contributed by atoms with E-state index < -0.39 is 0 Å². The third kappa shape index (κ3) is 4.29. The molecule has 4 rings (SSSR count). The van der Waals surface area contributed by atoms with Gasteiger partial charge in [-0.05, 0) is 53.3 Å². The van der Waals surface area contributed by atoms with Crippen LogP contribution in [0.15, 0.2) is 48.0 Å². The summed E-state index contributed by atoms with van der Waals surface area (Å²) in [5, 5.41) is 2.72. The zero-order chi connectivity index (χ0) is 21.5. The van der Waals surface area contributed by atoms with Crippen molar-refractivity contribution < 1.29 is 4.79 Å². The highest BCUT2D eigenvalue weighted by atomic mass is 35.5. The Labute approximate surface area is 186 Å². The van der Waals surface area contributed by atoms with E-state index in [1.165, 1.54) is 0 Å². The third-order valence-electron chi connectivity index (χ3n) is 5.45. The van der Waals surface area contributed by atoms with Crippen LogP contribution >= 0.6 is 22.9 Å². The van der Waals surface area contributed by atoms with Gasteiger partial charge in [0.05, 0.1) is 5.02 Å². The first-order valence-corrected chi connectivity index (χ1v) is 11.4. The molecule has 1 saturated heterocycles. The minimum Gasteiger partial charge on any atom is -0.337 e. The molecule has 3 heterocycles. The quantitative estimate of drug-likeness (QED) is 0.577. The van der Waals surface area contributed by atoms with E-state index in [9.17, 15) is 4.79 Å². The predicted octanol–water partition coefficient (Wildman–Crippen LogP) is 5.60. The molecule has 2 aromatic heterocycles. The number of likely N-dealkylation sites (tertiary alicyclic amines) is 1. The molecule has 30 heavy (non-hydrogen) atoms. The monoisotopic (exact) mass is 439 g/mol. The molecule has 1 atom stereocenters. The summed E-state index contributed by atoms with van der Waals surface area (Å²) in [6.45, 7) is 7.80. The van der Waals surface area contributed by atoms with Crippen LogP contribution in [0.5, 0.6) is 0 Å². The number of thiophene rings is 1. The Hall–Kier alpha value is -2.21. The smallest absolute Gasteiger partial charge is 0.253 e. The lowest BCUT2D eigenvalue weighted by atomic mass is 9.90. The van der Waals surface area contributed by atoms with Gasteiger partial charge in [-0.3, -0.25) is 9.78 Å². The second-order valence-electron chi connectivity index (χ2n) is 8.87. The summed E-state index contributed by atoms with van der Waals surface area (Å²) in [6, 6.07) is 12.0. The van der Waals surface area contributed by atoms with E-state index in [0.717, 1.165) is 33.7 Å². The molecule has 1 unspecified atom stereocenters. The SMILES string of the molecule is CC(C)(C)c1cc(-c2csc(-c3ccc(C(=O)N4CCC(N)C4)cc3Cl)c2)ccn1. The number of halogens is 1. The fourth-order valence-corrected chi connectivity index (χ4v) is 4.95. The van der Waals surface area contributed by atoms with Gasteiger partial charge in [0.15, 0.2) is 0 Å². The highest BCUT2D eigenvalue weighted by Crippen LogP contribution is 2.37. The number of carbonyl (C=O) groups is 1. The van der Waals surface area contributed by atoms with Crippen molar-refractivity contribution in [3.05, 3.63) is 64.3 Å². The van der Waals surface area contributed by atoms with Crippen LogP contribution in [0.4, 0.5) is 0 Å². The molecule has 6 heteroatoms. The molecule has 1 amide bonds. The lowest BCUT2D eigenvalue weighted by Gasteiger charge is -2.18. The number of rotatable bonds is 3. The molecule has 1 aliphatic rings. The van der Waals surface area contributed by atoms with Gasteiger partial charge < -0.3 is 10.6 Å². The molecular weight excluding hydrogens is 414 g/mol. The second-order valence-corrected chi connectivity index (χ2v) is 10.2. The number of pyridine rings is 1. The lowest BCUT2D eigenvalue weighted by Crippen LogP contribution is -2.31. The number of hydrogen-bond donors (Lipinski definition) is 1. The first-order chi connectivity index (χ1) is 14.2. The van der Waals surface area contributed by atoms with Crippen LogP contribution < -0.4 is 5.73 Å². The molecule has 3 aromatic rings. The third-order valence-corrected chi connectivity index (χ3v) is 6.73. The standard InChI is InChI=1S/C24H26ClN3OS/c1-24(2,3)22-12-15(6-8-27-22)17-11-21(30-14-17)19-5-4-16(10-20(19)25)23(29)28-9-7-18(26)13-28/h4-6,8,10-12,14,18H,7,9,13,26H2,1-3H3. The number of hydrogen-bond acceptors (Lipinski definition) is 4. The highest BCUT2D eigenvalue weighted by molar-refractivity contribution is 7.14. The number of amides is 1. The number of nitrogens with two attached hydrogens (primary N) is 1. The van der Waals surface area contributed by atoms with Crippen molar-refractivity contribution in [1.82, 2.24) is 9.88 Å². The van der Waals surface area contributed by atoms with Crippen LogP contribution in [0, 0.1) is 0 Å². The summed E-state index contributed by atoms with van der Waals surface area (Å²) in [6.07, 6.45) is 2.71. The number of nitrogens with zero attached hydrogens (tertiary/aromatic N) is 2. The Balaban J connectivity index is 1.59. The molecule has 1 aromatic carbocycles. The van der Waals surface area contributed by atoms with Crippen LogP contribution in [0.1, 0.15) is 43.2 Å². The molecular formula is C24H26ClN3OS. The molecule has 1 aliphatic heterocycles. The number of carbonyl (C=O) groups excluding carboxylic acids is 1. The van der Waals surface area contributed by atoms with E-state index >= 15 is 0 Å². The van der Waals surface area contributed by atoms with Gasteiger partial charge in [0, 0.05) is 52.4 Å². The Morgan fingerprint density at radius 1 is 1.20 bits per heavy atom. The molecule has 1 fully saturated rings. The summed E-state index contributed by atoms with van der Waals surface area (Å²) >= 11 is 8.23. The topological polar surface area (TPSA) is 59.2 Å². The van der Waals surface area contributed by atoms with Gasteiger partial charge in [0.1, 0.15) is 0 Å². The molecule has 0 aliphatic carbocycles. The van der Waals surface area contributed by atoms with Crippen LogP contribution in [-0.2, 0) is 5.41 Å². The zero-order valence-corrected chi connectivity index (χ0v) is 19.1. The Bertz CT molecular complexity index is 1090. The lowest BCUT2D eigenvalue weighted by molar-refractivity contribution is 0.0791. The van der Waals surface area contributed by atoms with Crippen molar-refractivity contribution in [3.8, 4) is 21.6 Å². The van der Waals surface area contributed by atoms with Gasteiger partial charge in [0.25, 0.3) is 5.91 Å². The Morgan fingerprint density at radius 3 is 2.67 bits per heavy atom. The van der Waals surface area contributed by atoms with Gasteiger partial charge in [-0.15, -0.1) is 11.3 Å². The van der Waals surface area contributed by atoms with Gasteiger partial charge in [-0.25, -0.2) is 0 Å². The summed E-state index contributed by atoms with van der Waals surface area (Å²) in [4.78, 5) is 20.1. The average Bonchev–Trinajstić information content (AvgIpc) is 3.36. The normalized spacial score (nSPS) is 16.8. The van der Waals surface area contributed by atoms with Crippen LogP contribution in [0.3, 0.4) is 0 Å². The van der Waals surface area contributed by atoms with Crippen molar-refractivity contribution in [1.29, 1.82) is 0 Å². The average molecular weight is 440 g/mol. The number of benzene rings is 1. The van der Waals surface area contributed by atoms with E-state index in [1.54, 1.807) is 22.3 Å². The van der Waals surface area contributed by atoms with Crippen LogP contribution in [-0.4, -0.2) is 34.9 Å². The van der Waals surface area contributed by atoms with Crippen molar-refractivity contribution in [3.63, 3.8) is 0 Å². The first kappa shape index (κ1) is 21.0. The van der Waals surface area contributed by atoms with Gasteiger partial charge in [-0.1, -0.05) is 38.4 Å². The summed E-state index contributed by atoms with van der Waals surface area (Å²) < 4.78 is 0. The van der Waals surface area contributed by atoms with Crippen LogP contribution in [0.25, 0.3) is 21.6 Å². The minimum atomic E-state index is -0.00485. The van der Waals surface area contributed by atoms with Crippen molar-refractivity contribution in [2.75, 3.05) is 13.1 Å². The van der Waals surface area contributed by atoms with E-state index in [2.05, 4.69) is 43.3 Å². The fraction of sp³-hybridized carbons (Fsp3) is 0.333. The molecule has 0 radical (unpaired) electrons. The van der Waals surface area contributed by atoms with E-state index in [-0.39, 0.29) is 17.4 Å². The summed E-state index contributed by atoms with van der Waals surface area (Å²) in [5.41, 5.74) is 10.8. The van der Waals surface area contributed by atoms with Gasteiger partial charge in [-0.2, -0.15) is 0 Å². The molecule has 0 spiro atoms. The van der Waals surface area contributed by atoms with Crippen molar-refractivity contribution >= 4 is 28.8 Å². The van der Waals surface area contributed by atoms with Crippen LogP contribution in [0.2, 0.25) is 5.02 Å². The molecule has 0 saturated carbocycles. The van der Waals surface area contributed by atoms with E-state index in [0.29, 0.717) is 23.7 Å². The molecule has 156 valence electrons. The maximum Gasteiger partial charge on any atom is 0.253 e. The van der Waals surface area contributed by atoms with Gasteiger partial charge in [0.2, 0.25) is 0 Å². The summed E-state index contributed by atoms with van der Waals surface area (Å²) in [7, 11) is 0. The molecule has 0 bridgehead atoms. The number of aromatic nitrogens is 1. The predicted molar refractivity (Wildman–Crippen MR) is 125 cm³/mol. The maximum atomic E-state index is 12.7. The van der Waals surface area contributed by atoms with Gasteiger partial charge >= 0.3 is 0 Å². The van der Waals surface area contributed by atoms with Crippen molar-refractivity contribution in [2.45, 2.75) is 38.6 Å². The maximum absolute atomic E-state index is 12.7. The molecule has 2 N–H and O–H groups in total. The second kappa shape index (κ2) is 8.14. The van der Waals surface area contributed by atoms with E-state index in [4.69, 9.17) is 17.3 Å². The fourth-order valence-electron chi connectivity index (χ4n) is 3.65. The first-order valence-electron chi connectivity index (χ1n) is 10.1. The zero-order valence-electron chi connectivity index (χ0n) is 17.5.